The van der Waals surface area contributed by atoms with Crippen molar-refractivity contribution < 1.29 is 28.7 Å². The minimum Gasteiger partial charge on any atom is -0.497 e. The molecule has 0 aromatic heterocycles. The van der Waals surface area contributed by atoms with Crippen molar-refractivity contribution in [3.8, 4) is 11.5 Å². The van der Waals surface area contributed by atoms with Crippen molar-refractivity contribution >= 4 is 35.1 Å². The molecule has 34 heavy (non-hydrogen) atoms. The smallest absolute Gasteiger partial charge is 0.316 e. The van der Waals surface area contributed by atoms with Crippen molar-refractivity contribution in [2.45, 2.75) is 19.3 Å². The van der Waals surface area contributed by atoms with E-state index in [1.807, 2.05) is 12.2 Å². The Morgan fingerprint density at radius 2 is 1.50 bits per heavy atom. The number of carbonyl (C=O) groups is 4. The van der Waals surface area contributed by atoms with Crippen LogP contribution in [-0.4, -0.2) is 37.3 Å². The molecular weight excluding hydrogens is 436 g/mol. The third-order valence-electron chi connectivity index (χ3n) is 6.63. The Hall–Kier alpha value is -3.94. The van der Waals surface area contributed by atoms with Crippen molar-refractivity contribution in [3.05, 3.63) is 60.7 Å². The fourth-order valence-electron chi connectivity index (χ4n) is 4.83. The molecule has 0 N–H and O–H groups in total. The summed E-state index contributed by atoms with van der Waals surface area (Å²) in [7, 11) is 1.55. The molecular formula is C26H24N2O6. The molecule has 2 aliphatic heterocycles. The van der Waals surface area contributed by atoms with Crippen LogP contribution in [0.25, 0.3) is 0 Å². The third-order valence-corrected chi connectivity index (χ3v) is 6.63. The number of esters is 1. The van der Waals surface area contributed by atoms with Gasteiger partial charge in [0.2, 0.25) is 17.7 Å². The van der Waals surface area contributed by atoms with Crippen LogP contribution < -0.4 is 19.3 Å². The molecule has 2 heterocycles. The summed E-state index contributed by atoms with van der Waals surface area (Å²) in [5.74, 6) is -1.62. The van der Waals surface area contributed by atoms with Crippen molar-refractivity contribution in [2.24, 2.45) is 17.8 Å². The molecule has 2 aromatic carbocycles. The largest absolute Gasteiger partial charge is 0.497 e. The van der Waals surface area contributed by atoms with Gasteiger partial charge in [0.25, 0.3) is 0 Å². The molecule has 3 aliphatic rings. The monoisotopic (exact) mass is 460 g/mol. The topological polar surface area (TPSA) is 93.2 Å². The summed E-state index contributed by atoms with van der Waals surface area (Å²) in [6, 6.07) is 13.5. The molecule has 0 radical (unpaired) electrons. The van der Waals surface area contributed by atoms with Crippen molar-refractivity contribution in [2.75, 3.05) is 23.5 Å². The molecule has 0 unspecified atom stereocenters. The summed E-state index contributed by atoms with van der Waals surface area (Å²) in [6.07, 6.45) is 5.02. The van der Waals surface area contributed by atoms with Gasteiger partial charge in [0.1, 0.15) is 11.5 Å². The number of fused-ring (bicyclic) bond motifs is 1. The fourth-order valence-corrected chi connectivity index (χ4v) is 4.83. The van der Waals surface area contributed by atoms with E-state index < -0.39 is 11.9 Å². The Labute approximate surface area is 196 Å². The highest BCUT2D eigenvalue weighted by atomic mass is 16.5. The molecule has 0 spiro atoms. The lowest BCUT2D eigenvalue weighted by Gasteiger charge is -2.18. The van der Waals surface area contributed by atoms with Gasteiger partial charge in [-0.05, 0) is 37.1 Å². The summed E-state index contributed by atoms with van der Waals surface area (Å²) >= 11 is 0. The number of methoxy groups -OCH3 is 1. The van der Waals surface area contributed by atoms with Gasteiger partial charge in [-0.1, -0.05) is 24.3 Å². The van der Waals surface area contributed by atoms with Crippen LogP contribution in [0.4, 0.5) is 11.4 Å². The number of amides is 3. The predicted octanol–water partition coefficient (Wildman–Crippen LogP) is 3.11. The highest BCUT2D eigenvalue weighted by Crippen LogP contribution is 2.38. The molecule has 3 atom stereocenters. The van der Waals surface area contributed by atoms with E-state index in [1.54, 1.807) is 54.5 Å². The lowest BCUT2D eigenvalue weighted by atomic mass is 9.85. The van der Waals surface area contributed by atoms with Crippen LogP contribution in [0.15, 0.2) is 60.7 Å². The van der Waals surface area contributed by atoms with Gasteiger partial charge in [-0.15, -0.1) is 0 Å². The van der Waals surface area contributed by atoms with Crippen LogP contribution in [0.1, 0.15) is 19.3 Å². The Balaban J connectivity index is 1.29. The van der Waals surface area contributed by atoms with E-state index in [2.05, 4.69) is 0 Å². The molecule has 3 amide bonds. The standard InChI is InChI=1S/C26H24N2O6/c1-33-19-8-4-6-17(13-19)27-15-16(12-23(27)29)26(32)34-20-9-5-7-18(14-20)28-24(30)21-10-2-3-11-22(21)25(28)31/h2-9,13-14,16,21-22H,10-12,15H2,1H3/t16-,21-,22+/m1/s1. The highest BCUT2D eigenvalue weighted by molar-refractivity contribution is 6.22. The molecule has 5 rings (SSSR count). The molecule has 0 saturated carbocycles. The summed E-state index contributed by atoms with van der Waals surface area (Å²) in [5.41, 5.74) is 1.04. The quantitative estimate of drug-likeness (QED) is 0.295. The Morgan fingerprint density at radius 3 is 2.18 bits per heavy atom. The van der Waals surface area contributed by atoms with Crippen LogP contribution in [0.5, 0.6) is 11.5 Å². The van der Waals surface area contributed by atoms with Gasteiger partial charge in [-0.25, -0.2) is 4.90 Å². The van der Waals surface area contributed by atoms with Gasteiger partial charge >= 0.3 is 5.97 Å². The van der Waals surface area contributed by atoms with Crippen LogP contribution >= 0.6 is 0 Å². The SMILES string of the molecule is COc1cccc(N2C[C@H](C(=O)Oc3cccc(N4C(=O)[C@H]5CC=CC[C@H]5C4=O)c3)CC2=O)c1. The second-order valence-electron chi connectivity index (χ2n) is 8.69. The first-order valence-corrected chi connectivity index (χ1v) is 11.2. The highest BCUT2D eigenvalue weighted by Gasteiger charge is 2.48. The van der Waals surface area contributed by atoms with Gasteiger partial charge in [0, 0.05) is 30.8 Å². The summed E-state index contributed by atoms with van der Waals surface area (Å²) in [4.78, 5) is 53.9. The lowest BCUT2D eigenvalue weighted by molar-refractivity contribution is -0.139. The number of imide groups is 1. The third kappa shape index (κ3) is 3.85. The van der Waals surface area contributed by atoms with E-state index in [0.29, 0.717) is 30.0 Å². The molecule has 174 valence electrons. The second-order valence-corrected chi connectivity index (χ2v) is 8.69. The van der Waals surface area contributed by atoms with Gasteiger partial charge in [-0.2, -0.15) is 0 Å². The number of benzene rings is 2. The minimum atomic E-state index is -0.633. The summed E-state index contributed by atoms with van der Waals surface area (Å²) < 4.78 is 10.8. The maximum atomic E-state index is 12.9. The van der Waals surface area contributed by atoms with E-state index in [9.17, 15) is 19.2 Å². The average Bonchev–Trinajstić information content (AvgIpc) is 3.37. The van der Waals surface area contributed by atoms with Crippen molar-refractivity contribution in [1.29, 1.82) is 0 Å². The van der Waals surface area contributed by atoms with E-state index in [4.69, 9.17) is 9.47 Å². The Kier molecular flexibility index (Phi) is 5.65. The number of rotatable bonds is 5. The van der Waals surface area contributed by atoms with E-state index >= 15 is 0 Å². The first kappa shape index (κ1) is 21.9. The fraction of sp³-hybridized carbons (Fsp3) is 0.308. The molecule has 8 nitrogen and oxygen atoms in total. The number of anilines is 2. The predicted molar refractivity (Wildman–Crippen MR) is 123 cm³/mol. The molecule has 8 heteroatoms. The molecule has 2 aromatic rings. The minimum absolute atomic E-state index is 0.0369. The van der Waals surface area contributed by atoms with Gasteiger partial charge in [0.15, 0.2) is 0 Å². The maximum Gasteiger partial charge on any atom is 0.316 e. The van der Waals surface area contributed by atoms with Crippen LogP contribution in [0.3, 0.4) is 0 Å². The molecule has 1 aliphatic carbocycles. The van der Waals surface area contributed by atoms with E-state index in [1.165, 1.54) is 11.0 Å². The molecule has 0 bridgehead atoms. The first-order chi connectivity index (χ1) is 16.5. The number of carbonyl (C=O) groups excluding carboxylic acids is 4. The lowest BCUT2D eigenvalue weighted by Crippen LogP contribution is -2.31. The zero-order valence-electron chi connectivity index (χ0n) is 18.7. The van der Waals surface area contributed by atoms with Gasteiger partial charge in [0.05, 0.1) is 30.6 Å². The van der Waals surface area contributed by atoms with E-state index in [0.717, 1.165) is 0 Å². The Morgan fingerprint density at radius 1 is 0.882 bits per heavy atom. The van der Waals surface area contributed by atoms with Crippen LogP contribution in [0, 0.1) is 17.8 Å². The van der Waals surface area contributed by atoms with Crippen molar-refractivity contribution in [1.82, 2.24) is 0 Å². The van der Waals surface area contributed by atoms with Crippen LogP contribution in [0.2, 0.25) is 0 Å². The van der Waals surface area contributed by atoms with Gasteiger partial charge in [-0.3, -0.25) is 19.2 Å². The summed E-state index contributed by atoms with van der Waals surface area (Å²) in [6.45, 7) is 0.198. The second kappa shape index (κ2) is 8.78. The number of hydrogen-bond donors (Lipinski definition) is 0. The van der Waals surface area contributed by atoms with Crippen molar-refractivity contribution in [3.63, 3.8) is 0 Å². The number of allylic oxidation sites excluding steroid dienone is 2. The molecule has 2 saturated heterocycles. The normalized spacial score (nSPS) is 23.9. The zero-order valence-corrected chi connectivity index (χ0v) is 18.7. The van der Waals surface area contributed by atoms with Crippen LogP contribution in [-0.2, 0) is 19.2 Å². The first-order valence-electron chi connectivity index (χ1n) is 11.2. The number of hydrogen-bond acceptors (Lipinski definition) is 6. The number of nitrogens with zero attached hydrogens (tertiary/aromatic N) is 2. The average molecular weight is 460 g/mol. The zero-order chi connectivity index (χ0) is 23.8. The Bertz CT molecular complexity index is 1180. The molecule has 2 fully saturated rings. The van der Waals surface area contributed by atoms with E-state index in [-0.39, 0.29) is 48.3 Å². The number of ether oxygens (including phenoxy) is 2. The summed E-state index contributed by atoms with van der Waals surface area (Å²) in [5, 5.41) is 0. The van der Waals surface area contributed by atoms with Gasteiger partial charge < -0.3 is 14.4 Å². The maximum absolute atomic E-state index is 12.9.